The summed E-state index contributed by atoms with van der Waals surface area (Å²) in [6, 6.07) is 9.29. The first-order valence-electron chi connectivity index (χ1n) is 8.56. The number of anilines is 2. The van der Waals surface area contributed by atoms with Gasteiger partial charge in [0.05, 0.1) is 5.69 Å². The number of rotatable bonds is 4. The third kappa shape index (κ3) is 3.52. The highest BCUT2D eigenvalue weighted by atomic mass is 35.5. The fraction of sp³-hybridized carbons (Fsp3) is 0.250. The Labute approximate surface area is 166 Å². The zero-order valence-corrected chi connectivity index (χ0v) is 16.1. The topological polar surface area (TPSA) is 95.9 Å². The molecule has 1 heterocycles. The third-order valence-electron chi connectivity index (χ3n) is 4.74. The minimum absolute atomic E-state index is 0.0113. The average Bonchev–Trinajstić information content (AvgIpc) is 2.77. The van der Waals surface area contributed by atoms with Gasteiger partial charge in [-0.15, -0.1) is 0 Å². The van der Waals surface area contributed by atoms with Crippen molar-refractivity contribution < 1.29 is 24.2 Å². The van der Waals surface area contributed by atoms with Crippen LogP contribution in [0.25, 0.3) is 0 Å². The Hall–Kier alpha value is -2.74. The minimum Gasteiger partial charge on any atom is -0.348 e. The van der Waals surface area contributed by atoms with Crippen molar-refractivity contribution in [3.8, 4) is 0 Å². The molecule has 2 amide bonds. The van der Waals surface area contributed by atoms with E-state index in [0.717, 1.165) is 4.90 Å². The molecule has 1 aliphatic rings. The highest BCUT2D eigenvalue weighted by Gasteiger charge is 2.44. The largest absolute Gasteiger partial charge is 0.348 e. The van der Waals surface area contributed by atoms with Crippen LogP contribution in [-0.2, 0) is 9.53 Å². The fourth-order valence-corrected chi connectivity index (χ4v) is 3.45. The van der Waals surface area contributed by atoms with Crippen molar-refractivity contribution in [2.24, 2.45) is 0 Å². The molecule has 3 rings (SSSR count). The molecule has 1 unspecified atom stereocenters. The Morgan fingerprint density at radius 3 is 2.71 bits per heavy atom. The van der Waals surface area contributed by atoms with Crippen molar-refractivity contribution in [3.63, 3.8) is 0 Å². The molecule has 0 aliphatic carbocycles. The normalized spacial score (nSPS) is 19.0. The van der Waals surface area contributed by atoms with Gasteiger partial charge in [0.2, 0.25) is 6.41 Å². The van der Waals surface area contributed by atoms with Crippen LogP contribution in [0, 0.1) is 6.92 Å². The number of Topliss-reactive ketones (excluding diaryl/α,β-unsaturated/α-hetero) is 1. The number of ketones is 1. The molecule has 0 saturated heterocycles. The van der Waals surface area contributed by atoms with Gasteiger partial charge in [0.25, 0.3) is 11.8 Å². The van der Waals surface area contributed by atoms with Crippen molar-refractivity contribution in [2.45, 2.75) is 25.7 Å². The summed E-state index contributed by atoms with van der Waals surface area (Å²) >= 11 is 6.03. The van der Waals surface area contributed by atoms with Crippen LogP contribution in [0.4, 0.5) is 11.4 Å². The van der Waals surface area contributed by atoms with E-state index in [-0.39, 0.29) is 29.9 Å². The molecule has 2 N–H and O–H groups in total. The second kappa shape index (κ2) is 7.71. The summed E-state index contributed by atoms with van der Waals surface area (Å²) in [5.74, 6) is -2.79. The predicted octanol–water partition coefficient (Wildman–Crippen LogP) is 3.13. The van der Waals surface area contributed by atoms with E-state index in [9.17, 15) is 19.5 Å². The Balaban J connectivity index is 2.16. The second-order valence-corrected chi connectivity index (χ2v) is 6.90. The van der Waals surface area contributed by atoms with Gasteiger partial charge >= 0.3 is 0 Å². The first-order chi connectivity index (χ1) is 13.3. The number of hydrogen-bond acceptors (Lipinski definition) is 5. The number of aliphatic hydroxyl groups is 1. The monoisotopic (exact) mass is 402 g/mol. The number of amides is 2. The lowest BCUT2D eigenvalue weighted by atomic mass is 10.0. The summed E-state index contributed by atoms with van der Waals surface area (Å²) in [7, 11) is 1.27. The summed E-state index contributed by atoms with van der Waals surface area (Å²) in [5.41, 5.74) is 1.87. The number of halogens is 1. The summed E-state index contributed by atoms with van der Waals surface area (Å²) in [5, 5.41) is 13.9. The van der Waals surface area contributed by atoms with Gasteiger partial charge in [-0.3, -0.25) is 19.3 Å². The first kappa shape index (κ1) is 20.0. The van der Waals surface area contributed by atoms with E-state index in [0.29, 0.717) is 28.2 Å². The quantitative estimate of drug-likeness (QED) is 0.605. The van der Waals surface area contributed by atoms with Gasteiger partial charge in [0.15, 0.2) is 5.78 Å². The van der Waals surface area contributed by atoms with E-state index >= 15 is 0 Å². The number of nitrogens with one attached hydrogen (secondary N) is 1. The first-order valence-corrected chi connectivity index (χ1v) is 8.94. The molecule has 28 heavy (non-hydrogen) atoms. The van der Waals surface area contributed by atoms with E-state index in [1.165, 1.54) is 19.2 Å². The Morgan fingerprint density at radius 1 is 1.32 bits per heavy atom. The molecule has 0 radical (unpaired) electrons. The highest BCUT2D eigenvalue weighted by Crippen LogP contribution is 2.37. The summed E-state index contributed by atoms with van der Waals surface area (Å²) in [4.78, 5) is 37.7. The van der Waals surface area contributed by atoms with Gasteiger partial charge in [-0.2, -0.15) is 0 Å². The van der Waals surface area contributed by atoms with Crippen molar-refractivity contribution >= 4 is 41.1 Å². The van der Waals surface area contributed by atoms with Crippen LogP contribution in [0.1, 0.15) is 39.1 Å². The minimum atomic E-state index is -2.00. The maximum absolute atomic E-state index is 13.4. The molecule has 0 fully saturated rings. The molecule has 0 aromatic heterocycles. The number of nitrogens with zero attached hydrogens (tertiary/aromatic N) is 1. The smallest absolute Gasteiger partial charge is 0.262 e. The predicted molar refractivity (Wildman–Crippen MR) is 105 cm³/mol. The molecular weight excluding hydrogens is 384 g/mol. The van der Waals surface area contributed by atoms with Gasteiger partial charge in [-0.25, -0.2) is 0 Å². The fourth-order valence-electron chi connectivity index (χ4n) is 3.28. The van der Waals surface area contributed by atoms with Crippen LogP contribution in [0.3, 0.4) is 0 Å². The number of carbonyl (C=O) groups excluding carboxylic acids is 3. The lowest BCUT2D eigenvalue weighted by Gasteiger charge is -2.37. The molecule has 1 aliphatic heterocycles. The molecular formula is C20H19ClN2O5. The Morgan fingerprint density at radius 2 is 2.07 bits per heavy atom. The molecule has 0 bridgehead atoms. The number of methoxy groups -OCH3 is 1. The molecule has 2 aromatic rings. The van der Waals surface area contributed by atoms with E-state index in [2.05, 4.69) is 5.32 Å². The Kier molecular flexibility index (Phi) is 5.51. The van der Waals surface area contributed by atoms with Crippen LogP contribution < -0.4 is 10.2 Å². The summed E-state index contributed by atoms with van der Waals surface area (Å²) < 4.78 is 5.27. The summed E-state index contributed by atoms with van der Waals surface area (Å²) in [6.07, 6.45) is 0.438. The van der Waals surface area contributed by atoms with Crippen LogP contribution in [0.5, 0.6) is 0 Å². The zero-order chi connectivity index (χ0) is 20.5. The van der Waals surface area contributed by atoms with Crippen molar-refractivity contribution in [2.75, 3.05) is 17.3 Å². The van der Waals surface area contributed by atoms with Gasteiger partial charge in [-0.1, -0.05) is 11.6 Å². The maximum atomic E-state index is 13.4. The maximum Gasteiger partial charge on any atom is 0.262 e. The SMILES string of the molecule is COC1(O)CCC(=O)c2cc(Cl)ccc2N1C(=O)c1ccc(NC=O)cc1C. The van der Waals surface area contributed by atoms with Crippen molar-refractivity contribution in [1.29, 1.82) is 0 Å². The number of aryl methyl sites for hydroxylation is 1. The van der Waals surface area contributed by atoms with E-state index in [1.807, 2.05) is 0 Å². The lowest BCUT2D eigenvalue weighted by molar-refractivity contribution is -0.182. The van der Waals surface area contributed by atoms with Crippen LogP contribution in [-0.4, -0.2) is 36.2 Å². The average molecular weight is 403 g/mol. The zero-order valence-electron chi connectivity index (χ0n) is 15.4. The molecule has 0 saturated carbocycles. The second-order valence-electron chi connectivity index (χ2n) is 6.46. The van der Waals surface area contributed by atoms with E-state index < -0.39 is 11.8 Å². The molecule has 8 heteroatoms. The number of fused-ring (bicyclic) bond motifs is 1. The number of ether oxygens (including phenoxy) is 1. The molecule has 146 valence electrons. The van der Waals surface area contributed by atoms with Gasteiger partial charge in [-0.05, 0) is 48.9 Å². The lowest BCUT2D eigenvalue weighted by Crippen LogP contribution is -2.53. The number of hydrogen-bond donors (Lipinski definition) is 2. The van der Waals surface area contributed by atoms with Crippen LogP contribution in [0.15, 0.2) is 36.4 Å². The molecule has 2 aromatic carbocycles. The molecule has 1 atom stereocenters. The third-order valence-corrected chi connectivity index (χ3v) is 4.97. The Bertz CT molecular complexity index is 962. The molecule has 0 spiro atoms. The molecule has 7 nitrogen and oxygen atoms in total. The van der Waals surface area contributed by atoms with Gasteiger partial charge < -0.3 is 15.2 Å². The standard InChI is InChI=1S/C20H19ClN2O5/c1-12-9-14(22-11-24)4-5-15(12)19(26)23-17-6-3-13(21)10-16(17)18(25)7-8-20(23,27)28-2/h3-6,9-11,27H,7-8H2,1-2H3,(H,22,24). The van der Waals surface area contributed by atoms with Gasteiger partial charge in [0, 0.05) is 41.8 Å². The van der Waals surface area contributed by atoms with Crippen molar-refractivity contribution in [1.82, 2.24) is 0 Å². The van der Waals surface area contributed by atoms with Gasteiger partial charge in [0.1, 0.15) is 0 Å². The van der Waals surface area contributed by atoms with Crippen molar-refractivity contribution in [3.05, 3.63) is 58.1 Å². The summed E-state index contributed by atoms with van der Waals surface area (Å²) in [6.45, 7) is 1.71. The highest BCUT2D eigenvalue weighted by molar-refractivity contribution is 6.31. The van der Waals surface area contributed by atoms with Crippen LogP contribution in [0.2, 0.25) is 5.02 Å². The number of benzene rings is 2. The van der Waals surface area contributed by atoms with E-state index in [4.69, 9.17) is 16.3 Å². The number of carbonyl (C=O) groups is 3. The van der Waals surface area contributed by atoms with E-state index in [1.54, 1.807) is 31.2 Å². The van der Waals surface area contributed by atoms with Crippen LogP contribution >= 0.6 is 11.6 Å².